The summed E-state index contributed by atoms with van der Waals surface area (Å²) in [5.74, 6) is 0.848. The van der Waals surface area contributed by atoms with Gasteiger partial charge < -0.3 is 15.7 Å². The van der Waals surface area contributed by atoms with Gasteiger partial charge in [0, 0.05) is 14.9 Å². The molecule has 2 aromatic rings. The summed E-state index contributed by atoms with van der Waals surface area (Å²) in [6, 6.07) is 3.71. The van der Waals surface area contributed by atoms with Crippen LogP contribution in [0.15, 0.2) is 16.6 Å². The topological polar surface area (TPSA) is 61.4 Å². The summed E-state index contributed by atoms with van der Waals surface area (Å²) in [6.07, 6.45) is 2.74. The van der Waals surface area contributed by atoms with Crippen LogP contribution in [0, 0.1) is 12.8 Å². The summed E-state index contributed by atoms with van der Waals surface area (Å²) in [6.45, 7) is 4.12. The number of hydrogen-bond donors (Lipinski definition) is 3. The minimum atomic E-state index is -0.418. The van der Waals surface area contributed by atoms with Crippen molar-refractivity contribution in [1.82, 2.24) is 5.32 Å². The third kappa shape index (κ3) is 2.52. The number of rotatable bonds is 1. The largest absolute Gasteiger partial charge is 0.507 e. The van der Waals surface area contributed by atoms with Crippen molar-refractivity contribution in [2.24, 2.45) is 5.92 Å². The van der Waals surface area contributed by atoms with Crippen LogP contribution in [0.3, 0.4) is 0 Å². The van der Waals surface area contributed by atoms with E-state index in [-0.39, 0.29) is 11.7 Å². The first-order chi connectivity index (χ1) is 11.4. The number of amides is 1. The van der Waals surface area contributed by atoms with E-state index in [1.54, 1.807) is 11.3 Å². The number of aromatic hydroxyl groups is 1. The number of benzene rings is 1. The van der Waals surface area contributed by atoms with Gasteiger partial charge in [-0.2, -0.15) is 0 Å². The maximum atomic E-state index is 12.7. The number of hydrogen-bond acceptors (Lipinski definition) is 4. The van der Waals surface area contributed by atoms with Gasteiger partial charge in [-0.3, -0.25) is 4.79 Å². The van der Waals surface area contributed by atoms with Crippen LogP contribution in [0.25, 0.3) is 0 Å². The van der Waals surface area contributed by atoms with Gasteiger partial charge in [0.2, 0.25) is 0 Å². The summed E-state index contributed by atoms with van der Waals surface area (Å²) in [5, 5.41) is 17.8. The number of carbonyl (C=O) groups excluding carboxylic acids is 1. The number of halogens is 1. The highest BCUT2D eigenvalue weighted by atomic mass is 79.9. The van der Waals surface area contributed by atoms with Crippen LogP contribution in [0.5, 0.6) is 5.75 Å². The van der Waals surface area contributed by atoms with Gasteiger partial charge in [0.1, 0.15) is 16.9 Å². The van der Waals surface area contributed by atoms with Crippen LogP contribution >= 0.6 is 27.3 Å². The zero-order valence-corrected chi connectivity index (χ0v) is 16.0. The number of fused-ring (bicyclic) bond motifs is 3. The van der Waals surface area contributed by atoms with Gasteiger partial charge in [-0.15, -0.1) is 11.3 Å². The first-order valence-electron chi connectivity index (χ1n) is 8.15. The molecule has 0 saturated heterocycles. The molecule has 1 aliphatic heterocycles. The Morgan fingerprint density at radius 3 is 2.92 bits per heavy atom. The van der Waals surface area contributed by atoms with Crippen molar-refractivity contribution < 1.29 is 9.90 Å². The van der Waals surface area contributed by atoms with Gasteiger partial charge in [0.15, 0.2) is 0 Å². The molecule has 4 nitrogen and oxygen atoms in total. The highest BCUT2D eigenvalue weighted by Gasteiger charge is 2.34. The van der Waals surface area contributed by atoms with Crippen LogP contribution < -0.4 is 10.6 Å². The van der Waals surface area contributed by atoms with Gasteiger partial charge in [-0.05, 0) is 55.4 Å². The van der Waals surface area contributed by atoms with Gasteiger partial charge >= 0.3 is 0 Å². The maximum Gasteiger partial charge on any atom is 0.256 e. The summed E-state index contributed by atoms with van der Waals surface area (Å²) < 4.78 is 0.883. The SMILES string of the molecule is Cc1cc(Br)cc([C@@H]2NC(=O)c3c(sc4c3CC[C@@H](C)C4)N2)c1O. The first kappa shape index (κ1) is 16.0. The molecule has 1 aliphatic carbocycles. The van der Waals surface area contributed by atoms with Crippen LogP contribution in [0.1, 0.15) is 51.4 Å². The Morgan fingerprint density at radius 2 is 2.12 bits per heavy atom. The van der Waals surface area contributed by atoms with Crippen LogP contribution in [-0.2, 0) is 12.8 Å². The third-order valence-electron chi connectivity index (χ3n) is 4.90. The Kier molecular flexibility index (Phi) is 3.84. The van der Waals surface area contributed by atoms with Crippen molar-refractivity contribution >= 4 is 38.2 Å². The van der Waals surface area contributed by atoms with E-state index in [4.69, 9.17) is 0 Å². The smallest absolute Gasteiger partial charge is 0.256 e. The molecule has 0 spiro atoms. The Morgan fingerprint density at radius 1 is 1.33 bits per heavy atom. The molecule has 0 radical (unpaired) electrons. The summed E-state index contributed by atoms with van der Waals surface area (Å²) in [7, 11) is 0. The van der Waals surface area contributed by atoms with Gasteiger partial charge in [-0.25, -0.2) is 0 Å². The number of carbonyl (C=O) groups is 1. The van der Waals surface area contributed by atoms with Crippen molar-refractivity contribution in [3.05, 3.63) is 43.7 Å². The lowest BCUT2D eigenvalue weighted by atomic mass is 9.88. The summed E-state index contributed by atoms with van der Waals surface area (Å²) in [4.78, 5) is 14.1. The molecule has 0 saturated carbocycles. The molecule has 2 heterocycles. The minimum Gasteiger partial charge on any atom is -0.507 e. The molecule has 0 bridgehead atoms. The van der Waals surface area contributed by atoms with E-state index >= 15 is 0 Å². The fourth-order valence-electron chi connectivity index (χ4n) is 3.60. The van der Waals surface area contributed by atoms with Crippen molar-refractivity contribution in [3.63, 3.8) is 0 Å². The fourth-order valence-corrected chi connectivity index (χ4v) is 5.63. The molecule has 0 unspecified atom stereocenters. The molecule has 3 N–H and O–H groups in total. The van der Waals surface area contributed by atoms with Crippen molar-refractivity contribution in [2.45, 2.75) is 39.3 Å². The molecule has 1 aromatic carbocycles. The molecular weight excluding hydrogens is 388 g/mol. The third-order valence-corrected chi connectivity index (χ3v) is 6.54. The summed E-state index contributed by atoms with van der Waals surface area (Å²) >= 11 is 5.16. The van der Waals surface area contributed by atoms with Gasteiger partial charge in [-0.1, -0.05) is 22.9 Å². The number of phenolic OH excluding ortho intramolecular Hbond substituents is 1. The number of phenols is 1. The van der Waals surface area contributed by atoms with E-state index in [9.17, 15) is 9.90 Å². The van der Waals surface area contributed by atoms with Crippen LogP contribution in [-0.4, -0.2) is 11.0 Å². The fraction of sp³-hybridized carbons (Fsp3) is 0.389. The standard InChI is InChI=1S/C18H19BrN2O2S/c1-8-3-4-11-13(5-8)24-18-14(11)17(23)20-16(21-18)12-7-10(19)6-9(2)15(12)22/h6-8,16,21-22H,3-5H2,1-2H3,(H,20,23)/t8-,16-/m1/s1. The van der Waals surface area contributed by atoms with Crippen molar-refractivity contribution in [1.29, 1.82) is 0 Å². The van der Waals surface area contributed by atoms with Crippen LogP contribution in [0.4, 0.5) is 5.00 Å². The van der Waals surface area contributed by atoms with Crippen LogP contribution in [0.2, 0.25) is 0 Å². The first-order valence-corrected chi connectivity index (χ1v) is 9.76. The predicted molar refractivity (Wildman–Crippen MR) is 99.9 cm³/mol. The van der Waals surface area contributed by atoms with E-state index < -0.39 is 6.17 Å². The van der Waals surface area contributed by atoms with E-state index in [0.29, 0.717) is 11.5 Å². The molecule has 126 valence electrons. The van der Waals surface area contributed by atoms with Crippen molar-refractivity contribution in [3.8, 4) is 5.75 Å². The molecule has 1 aromatic heterocycles. The molecule has 4 rings (SSSR count). The predicted octanol–water partition coefficient (Wildman–Crippen LogP) is 4.50. The Hall–Kier alpha value is -1.53. The van der Waals surface area contributed by atoms with E-state index in [0.717, 1.165) is 39.9 Å². The monoisotopic (exact) mass is 406 g/mol. The second-order valence-electron chi connectivity index (χ2n) is 6.77. The molecule has 2 aliphatic rings. The molecule has 6 heteroatoms. The number of aryl methyl sites for hydroxylation is 1. The molecule has 1 amide bonds. The Bertz CT molecular complexity index is 846. The highest BCUT2D eigenvalue weighted by molar-refractivity contribution is 9.10. The number of nitrogens with one attached hydrogen (secondary N) is 2. The second-order valence-corrected chi connectivity index (χ2v) is 8.79. The lowest BCUT2D eigenvalue weighted by Gasteiger charge is -2.28. The molecule has 24 heavy (non-hydrogen) atoms. The zero-order chi connectivity index (χ0) is 17.0. The number of thiophene rings is 1. The van der Waals surface area contributed by atoms with E-state index in [1.165, 1.54) is 10.4 Å². The highest BCUT2D eigenvalue weighted by Crippen LogP contribution is 2.43. The minimum absolute atomic E-state index is 0.0437. The lowest BCUT2D eigenvalue weighted by molar-refractivity contribution is 0.0935. The second kappa shape index (κ2) is 5.77. The van der Waals surface area contributed by atoms with E-state index in [2.05, 4.69) is 33.5 Å². The normalized spacial score (nSPS) is 22.4. The van der Waals surface area contributed by atoms with E-state index in [1.807, 2.05) is 19.1 Å². The van der Waals surface area contributed by atoms with Crippen molar-refractivity contribution in [2.75, 3.05) is 5.32 Å². The molecular formula is C18H19BrN2O2S. The average molecular weight is 407 g/mol. The average Bonchev–Trinajstić information content (AvgIpc) is 2.88. The Labute approximate surface area is 153 Å². The summed E-state index contributed by atoms with van der Waals surface area (Å²) in [5.41, 5.74) is 3.48. The maximum absolute atomic E-state index is 12.7. The van der Waals surface area contributed by atoms with Gasteiger partial charge in [0.05, 0.1) is 5.56 Å². The Balaban J connectivity index is 1.74. The lowest BCUT2D eigenvalue weighted by Crippen LogP contribution is -2.38. The van der Waals surface area contributed by atoms with Gasteiger partial charge in [0.25, 0.3) is 5.91 Å². The molecule has 2 atom stereocenters. The quantitative estimate of drug-likeness (QED) is 0.652. The number of anilines is 1. The zero-order valence-electron chi connectivity index (χ0n) is 13.6. The molecule has 0 fully saturated rings.